The highest BCUT2D eigenvalue weighted by Gasteiger charge is 2.44. The van der Waals surface area contributed by atoms with E-state index in [0.717, 1.165) is 72.6 Å². The molecule has 11 heteroatoms. The first kappa shape index (κ1) is 44.1. The summed E-state index contributed by atoms with van der Waals surface area (Å²) in [6.07, 6.45) is 16.6. The lowest BCUT2D eigenvalue weighted by Crippen LogP contribution is -2.35. The number of rotatable bonds is 18. The van der Waals surface area contributed by atoms with Crippen molar-refractivity contribution >= 4 is 50.5 Å². The Morgan fingerprint density at radius 1 is 0.965 bits per heavy atom. The van der Waals surface area contributed by atoms with Crippen LogP contribution < -0.4 is 10.2 Å². The van der Waals surface area contributed by atoms with Crippen LogP contribution in [-0.4, -0.2) is 78.9 Å². The number of fused-ring (bicyclic) bond motifs is 2. The molecule has 0 aromatic heterocycles. The lowest BCUT2D eigenvalue weighted by molar-refractivity contribution is -0.438. The Bertz CT molecular complexity index is 2080. The number of nitrogens with zero attached hydrogens (tertiary/aromatic N) is 3. The van der Waals surface area contributed by atoms with Gasteiger partial charge in [0.2, 0.25) is 11.6 Å². The SMILES string of the molecule is CCC(=N)N(C)CCNC(=O)CCCCC[N+]1=C(/C=C/C2=C(Cl)C(=C/C=C3/N(CCCCS(=O)(=O)O)c4ccccc4C3(C)C)/CCC2)C(C)(C)c2ccccc21. The predicted octanol–water partition coefficient (Wildman–Crippen LogP) is 9.57. The second-order valence-corrected chi connectivity index (χ2v) is 18.6. The number of amides is 1. The van der Waals surface area contributed by atoms with Crippen LogP contribution in [0.25, 0.3) is 0 Å². The molecule has 0 saturated heterocycles. The Morgan fingerprint density at radius 3 is 2.42 bits per heavy atom. The van der Waals surface area contributed by atoms with Crippen LogP contribution in [0.4, 0.5) is 11.4 Å². The van der Waals surface area contributed by atoms with Crippen LogP contribution in [0.3, 0.4) is 0 Å². The maximum absolute atomic E-state index is 12.5. The highest BCUT2D eigenvalue weighted by Crippen LogP contribution is 2.48. The van der Waals surface area contributed by atoms with Crippen molar-refractivity contribution < 1.29 is 22.3 Å². The minimum absolute atomic E-state index is 0.0691. The molecule has 9 nitrogen and oxygen atoms in total. The van der Waals surface area contributed by atoms with E-state index in [4.69, 9.17) is 17.0 Å². The standard InChI is InChI=1S/C46H62ClN5O4S/c1-7-42(48)50(6)32-29-49-43(53)24-9-8-14-30-51-38-22-12-10-20-36(38)45(2,3)40(51)27-25-34-18-17-19-35(44(34)47)26-28-41-46(4,5)37-21-11-13-23-39(37)52(41)31-15-16-33-57(54,55)56/h10-13,20-23,25-28,48H,7-9,14-19,24,29-33H2,1-6H3,(H-,49,53,54,55,56)/p+1. The molecule has 1 aliphatic carbocycles. The van der Waals surface area contributed by atoms with Crippen LogP contribution in [0.2, 0.25) is 0 Å². The molecular formula is C46H63ClN5O4S+. The number of allylic oxidation sites excluding steroid dienone is 8. The van der Waals surface area contributed by atoms with Gasteiger partial charge in [-0.1, -0.05) is 80.9 Å². The van der Waals surface area contributed by atoms with Gasteiger partial charge in [0.05, 0.1) is 17.0 Å². The molecular weight excluding hydrogens is 754 g/mol. The fraction of sp³-hybridized carbons (Fsp3) is 0.500. The van der Waals surface area contributed by atoms with E-state index < -0.39 is 10.1 Å². The van der Waals surface area contributed by atoms with Gasteiger partial charge in [-0.15, -0.1) is 0 Å². The third kappa shape index (κ3) is 10.7. The Labute approximate surface area is 346 Å². The van der Waals surface area contributed by atoms with E-state index >= 15 is 0 Å². The van der Waals surface area contributed by atoms with Gasteiger partial charge < -0.3 is 15.1 Å². The van der Waals surface area contributed by atoms with Gasteiger partial charge in [-0.05, 0) is 87.6 Å². The minimum Gasteiger partial charge on any atom is -0.362 e. The summed E-state index contributed by atoms with van der Waals surface area (Å²) in [4.78, 5) is 16.7. The fourth-order valence-electron chi connectivity index (χ4n) is 8.47. The molecule has 2 aromatic carbocycles. The summed E-state index contributed by atoms with van der Waals surface area (Å²) in [6, 6.07) is 17.1. The highest BCUT2D eigenvalue weighted by atomic mass is 35.5. The second kappa shape index (κ2) is 19.2. The number of amidine groups is 1. The molecule has 2 heterocycles. The Morgan fingerprint density at radius 2 is 1.68 bits per heavy atom. The smallest absolute Gasteiger partial charge is 0.264 e. The number of likely N-dealkylation sites (N-methyl/N-ethyl adjacent to an activating group) is 1. The minimum atomic E-state index is -3.99. The van der Waals surface area contributed by atoms with Crippen molar-refractivity contribution in [2.24, 2.45) is 0 Å². The molecule has 5 rings (SSSR count). The maximum Gasteiger partial charge on any atom is 0.264 e. The number of carbonyl (C=O) groups excluding carboxylic acids is 1. The van der Waals surface area contributed by atoms with E-state index in [2.05, 4.69) is 109 Å². The summed E-state index contributed by atoms with van der Waals surface area (Å²) < 4.78 is 34.5. The quantitative estimate of drug-likeness (QED) is 0.0454. The normalized spacial score (nSPS) is 18.8. The monoisotopic (exact) mass is 816 g/mol. The Kier molecular flexibility index (Phi) is 14.8. The van der Waals surface area contributed by atoms with Crippen LogP contribution in [-0.2, 0) is 25.7 Å². The predicted molar refractivity (Wildman–Crippen MR) is 236 cm³/mol. The van der Waals surface area contributed by atoms with E-state index in [1.54, 1.807) is 0 Å². The molecule has 57 heavy (non-hydrogen) atoms. The highest BCUT2D eigenvalue weighted by molar-refractivity contribution is 7.85. The number of para-hydroxylation sites is 2. The summed E-state index contributed by atoms with van der Waals surface area (Å²) >= 11 is 7.24. The summed E-state index contributed by atoms with van der Waals surface area (Å²) in [6.45, 7) is 13.7. The summed E-state index contributed by atoms with van der Waals surface area (Å²) in [7, 11) is -2.10. The molecule has 0 fully saturated rings. The average molecular weight is 818 g/mol. The van der Waals surface area contributed by atoms with E-state index in [1.165, 1.54) is 22.5 Å². The van der Waals surface area contributed by atoms with Crippen LogP contribution >= 0.6 is 11.6 Å². The van der Waals surface area contributed by atoms with Gasteiger partial charge in [-0.3, -0.25) is 14.8 Å². The van der Waals surface area contributed by atoms with Gasteiger partial charge in [0.25, 0.3) is 10.1 Å². The number of hydrogen-bond donors (Lipinski definition) is 3. The van der Waals surface area contributed by atoms with Gasteiger partial charge in [-0.2, -0.15) is 13.0 Å². The van der Waals surface area contributed by atoms with Crippen molar-refractivity contribution in [2.75, 3.05) is 43.9 Å². The number of halogens is 1. The number of hydrogen-bond acceptors (Lipinski definition) is 5. The van der Waals surface area contributed by atoms with Crippen LogP contribution in [0, 0.1) is 5.41 Å². The summed E-state index contributed by atoms with van der Waals surface area (Å²) in [5, 5.41) is 11.7. The van der Waals surface area contributed by atoms with Gasteiger partial charge in [0.1, 0.15) is 6.54 Å². The zero-order chi connectivity index (χ0) is 41.4. The average Bonchev–Trinajstić information content (AvgIpc) is 3.52. The number of nitrogens with one attached hydrogen (secondary N) is 2. The molecule has 0 radical (unpaired) electrons. The van der Waals surface area contributed by atoms with E-state index in [1.807, 2.05) is 24.9 Å². The second-order valence-electron chi connectivity index (χ2n) is 16.6. The molecule has 2 aromatic rings. The van der Waals surface area contributed by atoms with Crippen molar-refractivity contribution in [1.82, 2.24) is 10.2 Å². The third-order valence-corrected chi connectivity index (χ3v) is 13.1. The molecule has 3 aliphatic rings. The molecule has 0 atom stereocenters. The lowest BCUT2D eigenvalue weighted by Gasteiger charge is -2.27. The fourth-order valence-corrected chi connectivity index (χ4v) is 9.36. The van der Waals surface area contributed by atoms with E-state index in [0.29, 0.717) is 51.2 Å². The Balaban J connectivity index is 1.31. The van der Waals surface area contributed by atoms with Gasteiger partial charge in [0, 0.05) is 85.5 Å². The van der Waals surface area contributed by atoms with Crippen LogP contribution in [0.1, 0.15) is 110 Å². The molecule has 2 aliphatic heterocycles. The maximum atomic E-state index is 12.5. The summed E-state index contributed by atoms with van der Waals surface area (Å²) in [5.41, 5.74) is 9.10. The first-order valence-electron chi connectivity index (χ1n) is 20.7. The Hall–Kier alpha value is -3.99. The number of anilines is 1. The number of benzene rings is 2. The third-order valence-electron chi connectivity index (χ3n) is 11.8. The van der Waals surface area contributed by atoms with Crippen molar-refractivity contribution in [2.45, 2.75) is 110 Å². The first-order chi connectivity index (χ1) is 27.1. The van der Waals surface area contributed by atoms with Crippen LogP contribution in [0.5, 0.6) is 0 Å². The first-order valence-corrected chi connectivity index (χ1v) is 22.6. The van der Waals surface area contributed by atoms with E-state index in [-0.39, 0.29) is 22.5 Å². The largest absolute Gasteiger partial charge is 0.362 e. The molecule has 0 saturated carbocycles. The zero-order valence-corrected chi connectivity index (χ0v) is 36.4. The summed E-state index contributed by atoms with van der Waals surface area (Å²) in [5.74, 6) is 0.407. The topological polar surface area (TPSA) is 117 Å². The molecule has 0 unspecified atom stereocenters. The molecule has 0 spiro atoms. The van der Waals surface area contributed by atoms with Crippen molar-refractivity contribution in [3.8, 4) is 0 Å². The zero-order valence-electron chi connectivity index (χ0n) is 34.8. The molecule has 1 amide bonds. The number of unbranched alkanes of at least 4 members (excludes halogenated alkanes) is 3. The number of carbonyl (C=O) groups is 1. The van der Waals surface area contributed by atoms with E-state index in [9.17, 15) is 17.8 Å². The van der Waals surface area contributed by atoms with Crippen molar-refractivity contribution in [1.29, 1.82) is 5.41 Å². The molecule has 3 N–H and O–H groups in total. The van der Waals surface area contributed by atoms with Gasteiger partial charge in [-0.25, -0.2) is 0 Å². The van der Waals surface area contributed by atoms with Gasteiger partial charge >= 0.3 is 0 Å². The van der Waals surface area contributed by atoms with Crippen molar-refractivity contribution in [3.05, 3.63) is 106 Å². The van der Waals surface area contributed by atoms with Gasteiger partial charge in [0.15, 0.2) is 5.71 Å². The van der Waals surface area contributed by atoms with Crippen molar-refractivity contribution in [3.63, 3.8) is 0 Å². The molecule has 308 valence electrons. The molecule has 0 bridgehead atoms. The lowest BCUT2D eigenvalue weighted by atomic mass is 9.81. The van der Waals surface area contributed by atoms with Crippen LogP contribution in [0.15, 0.2) is 94.7 Å².